The van der Waals surface area contributed by atoms with Crippen molar-refractivity contribution < 1.29 is 13.9 Å². The Morgan fingerprint density at radius 1 is 1.00 bits per heavy atom. The van der Waals surface area contributed by atoms with E-state index in [1.165, 1.54) is 18.4 Å². The largest absolute Gasteiger partial charge is 0.463 e. The molecule has 0 aliphatic heterocycles. The molecule has 0 N–H and O–H groups in total. The lowest BCUT2D eigenvalue weighted by Gasteiger charge is -2.05. The summed E-state index contributed by atoms with van der Waals surface area (Å²) in [6.45, 7) is 2.00. The number of ether oxygens (including phenoxy) is 1. The van der Waals surface area contributed by atoms with E-state index in [9.17, 15) is 9.59 Å². The molecule has 0 bridgehead atoms. The summed E-state index contributed by atoms with van der Waals surface area (Å²) >= 11 is 5.91. The lowest BCUT2D eigenvalue weighted by atomic mass is 10.1. The maximum absolute atomic E-state index is 12.8. The zero-order valence-electron chi connectivity index (χ0n) is 16.1. The Kier molecular flexibility index (Phi) is 5.50. The maximum Gasteiger partial charge on any atom is 0.336 e. The number of rotatable bonds is 4. The first-order chi connectivity index (χ1) is 14.5. The van der Waals surface area contributed by atoms with E-state index >= 15 is 0 Å². The molecular formula is C25H17ClO4. The highest BCUT2D eigenvalue weighted by Gasteiger charge is 2.11. The zero-order valence-corrected chi connectivity index (χ0v) is 16.8. The lowest BCUT2D eigenvalue weighted by molar-refractivity contribution is -0.128. The second kappa shape index (κ2) is 8.39. The molecule has 1 heterocycles. The monoisotopic (exact) mass is 416 g/mol. The molecule has 0 amide bonds. The summed E-state index contributed by atoms with van der Waals surface area (Å²) in [6, 6.07) is 19.4. The van der Waals surface area contributed by atoms with Gasteiger partial charge in [-0.15, -0.1) is 0 Å². The number of aryl methyl sites for hydroxylation is 1. The molecule has 0 fully saturated rings. The van der Waals surface area contributed by atoms with Gasteiger partial charge in [-0.1, -0.05) is 53.6 Å². The third-order valence-corrected chi connectivity index (χ3v) is 4.86. The van der Waals surface area contributed by atoms with Crippen LogP contribution in [0, 0.1) is 6.92 Å². The molecular weight excluding hydrogens is 400 g/mol. The molecule has 0 aliphatic carbocycles. The number of hydrogen-bond donors (Lipinski definition) is 0. The number of esters is 1. The van der Waals surface area contributed by atoms with Crippen molar-refractivity contribution in [1.29, 1.82) is 0 Å². The van der Waals surface area contributed by atoms with E-state index in [0.717, 1.165) is 11.1 Å². The van der Waals surface area contributed by atoms with Gasteiger partial charge in [-0.25, -0.2) is 4.79 Å². The van der Waals surface area contributed by atoms with Gasteiger partial charge >= 0.3 is 5.97 Å². The van der Waals surface area contributed by atoms with Crippen molar-refractivity contribution in [3.8, 4) is 16.9 Å². The molecule has 0 spiro atoms. The number of hydrogen-bond acceptors (Lipinski definition) is 4. The maximum atomic E-state index is 12.8. The average molecular weight is 417 g/mol. The Hall–Kier alpha value is -3.63. The van der Waals surface area contributed by atoms with Gasteiger partial charge in [0.1, 0.15) is 17.6 Å². The number of carbonyl (C=O) groups is 1. The van der Waals surface area contributed by atoms with Gasteiger partial charge in [-0.3, -0.25) is 4.79 Å². The van der Waals surface area contributed by atoms with E-state index in [0.29, 0.717) is 32.9 Å². The SMILES string of the molecule is Cc1ccc(/C=C/C(=O)Oc2ccc3c(=O)c(-c4ccc(Cl)cc4)coc3c2)cc1. The Bertz CT molecular complexity index is 1300. The molecule has 30 heavy (non-hydrogen) atoms. The topological polar surface area (TPSA) is 56.5 Å². The van der Waals surface area contributed by atoms with E-state index < -0.39 is 5.97 Å². The van der Waals surface area contributed by atoms with Crippen LogP contribution in [0.1, 0.15) is 11.1 Å². The van der Waals surface area contributed by atoms with Crippen molar-refractivity contribution in [3.63, 3.8) is 0 Å². The van der Waals surface area contributed by atoms with Crippen molar-refractivity contribution in [2.75, 3.05) is 0 Å². The van der Waals surface area contributed by atoms with Crippen molar-refractivity contribution >= 4 is 34.6 Å². The fourth-order valence-corrected chi connectivity index (χ4v) is 3.12. The minimum Gasteiger partial charge on any atom is -0.463 e. The fraction of sp³-hybridized carbons (Fsp3) is 0.0400. The molecule has 5 heteroatoms. The van der Waals surface area contributed by atoms with Gasteiger partial charge in [0, 0.05) is 17.2 Å². The molecule has 4 nitrogen and oxygen atoms in total. The summed E-state index contributed by atoms with van der Waals surface area (Å²) in [4.78, 5) is 24.9. The Morgan fingerprint density at radius 2 is 1.73 bits per heavy atom. The summed E-state index contributed by atoms with van der Waals surface area (Å²) in [6.07, 6.45) is 4.44. The molecule has 0 saturated carbocycles. The summed E-state index contributed by atoms with van der Waals surface area (Å²) in [5.74, 6) is -0.224. The second-order valence-corrected chi connectivity index (χ2v) is 7.24. The van der Waals surface area contributed by atoms with Crippen LogP contribution < -0.4 is 10.2 Å². The minimum atomic E-state index is -0.518. The van der Waals surface area contributed by atoms with Crippen molar-refractivity contribution in [2.45, 2.75) is 6.92 Å². The summed E-state index contributed by atoms with van der Waals surface area (Å²) in [7, 11) is 0. The van der Waals surface area contributed by atoms with Gasteiger partial charge in [0.05, 0.1) is 10.9 Å². The van der Waals surface area contributed by atoms with Gasteiger partial charge in [0.25, 0.3) is 0 Å². The van der Waals surface area contributed by atoms with Gasteiger partial charge in [-0.2, -0.15) is 0 Å². The van der Waals surface area contributed by atoms with Crippen LogP contribution in [0.5, 0.6) is 5.75 Å². The van der Waals surface area contributed by atoms with Crippen LogP contribution in [0.2, 0.25) is 5.02 Å². The summed E-state index contributed by atoms with van der Waals surface area (Å²) in [5.41, 5.74) is 3.36. The Balaban J connectivity index is 1.55. The van der Waals surface area contributed by atoms with E-state index in [1.807, 2.05) is 31.2 Å². The highest BCUT2D eigenvalue weighted by atomic mass is 35.5. The number of benzene rings is 3. The predicted octanol–water partition coefficient (Wildman–Crippen LogP) is 6.04. The van der Waals surface area contributed by atoms with E-state index in [2.05, 4.69) is 0 Å². The van der Waals surface area contributed by atoms with Crippen molar-refractivity contribution in [1.82, 2.24) is 0 Å². The highest BCUT2D eigenvalue weighted by molar-refractivity contribution is 6.30. The van der Waals surface area contributed by atoms with Crippen LogP contribution in [-0.2, 0) is 4.79 Å². The third kappa shape index (κ3) is 4.34. The molecule has 0 atom stereocenters. The fourth-order valence-electron chi connectivity index (χ4n) is 2.99. The third-order valence-electron chi connectivity index (χ3n) is 4.61. The molecule has 0 radical (unpaired) electrons. The van der Waals surface area contributed by atoms with Crippen LogP contribution in [0.15, 0.2) is 88.3 Å². The smallest absolute Gasteiger partial charge is 0.336 e. The van der Waals surface area contributed by atoms with Gasteiger partial charge in [0.2, 0.25) is 0 Å². The lowest BCUT2D eigenvalue weighted by Crippen LogP contribution is -2.06. The van der Waals surface area contributed by atoms with Crippen molar-refractivity contribution in [2.24, 2.45) is 0 Å². The zero-order chi connectivity index (χ0) is 21.1. The quantitative estimate of drug-likeness (QED) is 0.231. The molecule has 0 unspecified atom stereocenters. The molecule has 1 aromatic heterocycles. The van der Waals surface area contributed by atoms with Crippen LogP contribution >= 0.6 is 11.6 Å². The average Bonchev–Trinajstić information content (AvgIpc) is 2.74. The van der Waals surface area contributed by atoms with Crippen LogP contribution in [0.4, 0.5) is 0 Å². The van der Waals surface area contributed by atoms with Gasteiger partial charge in [0.15, 0.2) is 5.43 Å². The molecule has 148 valence electrons. The first-order valence-corrected chi connectivity index (χ1v) is 9.65. The van der Waals surface area contributed by atoms with Crippen LogP contribution in [0.25, 0.3) is 28.2 Å². The number of halogens is 1. The van der Waals surface area contributed by atoms with E-state index in [4.69, 9.17) is 20.8 Å². The number of carbonyl (C=O) groups excluding carboxylic acids is 1. The summed E-state index contributed by atoms with van der Waals surface area (Å²) in [5, 5.41) is 0.990. The van der Waals surface area contributed by atoms with Crippen LogP contribution in [-0.4, -0.2) is 5.97 Å². The first kappa shape index (κ1) is 19.7. The predicted molar refractivity (Wildman–Crippen MR) is 119 cm³/mol. The molecule has 4 aromatic rings. The minimum absolute atomic E-state index is 0.171. The second-order valence-electron chi connectivity index (χ2n) is 6.81. The molecule has 4 rings (SSSR count). The molecule has 3 aromatic carbocycles. The van der Waals surface area contributed by atoms with E-state index in [-0.39, 0.29) is 5.43 Å². The van der Waals surface area contributed by atoms with Crippen molar-refractivity contribution in [3.05, 3.63) is 105 Å². The molecule has 0 aliphatic rings. The first-order valence-electron chi connectivity index (χ1n) is 9.28. The molecule has 0 saturated heterocycles. The summed E-state index contributed by atoms with van der Waals surface area (Å²) < 4.78 is 11.0. The van der Waals surface area contributed by atoms with Gasteiger partial charge < -0.3 is 9.15 Å². The van der Waals surface area contributed by atoms with Gasteiger partial charge in [-0.05, 0) is 48.4 Å². The Labute approximate surface area is 178 Å². The number of fused-ring (bicyclic) bond motifs is 1. The standard InChI is InChI=1S/C25H17ClO4/c1-16-2-4-17(5-3-16)6-13-24(27)30-20-11-12-21-23(14-20)29-15-22(25(21)28)18-7-9-19(26)10-8-18/h2-15H,1H3/b13-6+. The van der Waals surface area contributed by atoms with E-state index in [1.54, 1.807) is 42.5 Å². The normalized spacial score (nSPS) is 11.1. The highest BCUT2D eigenvalue weighted by Crippen LogP contribution is 2.24. The Morgan fingerprint density at radius 3 is 2.47 bits per heavy atom. The van der Waals surface area contributed by atoms with Crippen LogP contribution in [0.3, 0.4) is 0 Å².